The Bertz CT molecular complexity index is 849. The molecule has 8 heteroatoms. The number of hydrogen-bond donors (Lipinski definition) is 4. The normalized spacial score (nSPS) is 13.2. The molecule has 7 nitrogen and oxygen atoms in total. The van der Waals surface area contributed by atoms with Crippen molar-refractivity contribution in [1.82, 2.24) is 5.32 Å². The summed E-state index contributed by atoms with van der Waals surface area (Å²) in [4.78, 5) is 30.9. The smallest absolute Gasteiger partial charge is 0.387 e. The molecule has 322 valence electrons. The zero-order valence-corrected chi connectivity index (χ0v) is 36.8. The van der Waals surface area contributed by atoms with Crippen molar-refractivity contribution in [2.75, 3.05) is 6.61 Å². The molecule has 0 aromatic heterocycles. The Morgan fingerprint density at radius 2 is 0.815 bits per heavy atom. The van der Waals surface area contributed by atoms with Crippen molar-refractivity contribution in [3.63, 3.8) is 0 Å². The SMILES string of the molecule is CCCCCCCCCCC/C=C/[C@@H](O)[C@H](COP(=O)(O)O)NC(=O)CCCCCCCCCCCCCCCCCCCCCCCCCCCCC. The van der Waals surface area contributed by atoms with Crippen LogP contribution >= 0.6 is 7.82 Å². The minimum atomic E-state index is -4.71. The van der Waals surface area contributed by atoms with Crippen LogP contribution in [0.1, 0.15) is 258 Å². The Morgan fingerprint density at radius 1 is 0.519 bits per heavy atom. The third-order valence-corrected chi connectivity index (χ3v) is 11.5. The second-order valence-corrected chi connectivity index (χ2v) is 17.7. The molecule has 2 atom stereocenters. The number of aliphatic hydroxyl groups is 1. The predicted molar refractivity (Wildman–Crippen MR) is 232 cm³/mol. The Kier molecular flexibility index (Phi) is 41.3. The second kappa shape index (κ2) is 41.9. The summed E-state index contributed by atoms with van der Waals surface area (Å²) in [5, 5.41) is 13.4. The van der Waals surface area contributed by atoms with E-state index in [1.165, 1.54) is 199 Å². The van der Waals surface area contributed by atoms with Gasteiger partial charge >= 0.3 is 7.82 Å². The summed E-state index contributed by atoms with van der Waals surface area (Å²) in [6.45, 7) is 4.08. The van der Waals surface area contributed by atoms with Crippen LogP contribution in [0.15, 0.2) is 12.2 Å². The highest BCUT2D eigenvalue weighted by molar-refractivity contribution is 7.46. The number of aliphatic hydroxyl groups excluding tert-OH is 1. The third-order valence-electron chi connectivity index (χ3n) is 11.0. The first-order valence-electron chi connectivity index (χ1n) is 23.6. The Hall–Kier alpha value is -0.720. The molecule has 0 aliphatic heterocycles. The lowest BCUT2D eigenvalue weighted by atomic mass is 10.0. The topological polar surface area (TPSA) is 116 Å². The molecule has 0 spiro atoms. The summed E-state index contributed by atoms with van der Waals surface area (Å²) in [7, 11) is -4.71. The number of nitrogens with one attached hydrogen (secondary N) is 1. The lowest BCUT2D eigenvalue weighted by Gasteiger charge is -2.22. The molecule has 0 aromatic rings. The number of rotatable bonds is 44. The van der Waals surface area contributed by atoms with E-state index in [1.54, 1.807) is 6.08 Å². The highest BCUT2D eigenvalue weighted by atomic mass is 31.2. The van der Waals surface area contributed by atoms with Crippen LogP contribution in [0, 0.1) is 0 Å². The van der Waals surface area contributed by atoms with Gasteiger partial charge in [-0.15, -0.1) is 0 Å². The van der Waals surface area contributed by atoms with Crippen LogP contribution in [-0.2, 0) is 13.9 Å². The van der Waals surface area contributed by atoms with E-state index in [9.17, 15) is 14.5 Å². The van der Waals surface area contributed by atoms with E-state index in [-0.39, 0.29) is 5.91 Å². The van der Waals surface area contributed by atoms with Gasteiger partial charge in [0.25, 0.3) is 0 Å². The van der Waals surface area contributed by atoms with Crippen LogP contribution in [-0.4, -0.2) is 39.6 Å². The van der Waals surface area contributed by atoms with Gasteiger partial charge in [-0.2, -0.15) is 0 Å². The van der Waals surface area contributed by atoms with Gasteiger partial charge in [-0.25, -0.2) is 4.57 Å². The molecule has 1 amide bonds. The highest BCUT2D eigenvalue weighted by Crippen LogP contribution is 2.36. The fourth-order valence-corrected chi connectivity index (χ4v) is 7.76. The van der Waals surface area contributed by atoms with E-state index >= 15 is 0 Å². The van der Waals surface area contributed by atoms with Gasteiger partial charge in [0.2, 0.25) is 5.91 Å². The summed E-state index contributed by atoms with van der Waals surface area (Å²) in [6.07, 6.45) is 51.2. The lowest BCUT2D eigenvalue weighted by Crippen LogP contribution is -2.45. The zero-order chi connectivity index (χ0) is 39.6. The van der Waals surface area contributed by atoms with E-state index in [4.69, 9.17) is 9.79 Å². The van der Waals surface area contributed by atoms with Crippen LogP contribution in [0.25, 0.3) is 0 Å². The summed E-state index contributed by atoms with van der Waals surface area (Å²) in [5.41, 5.74) is 0. The molecule has 0 aromatic carbocycles. The van der Waals surface area contributed by atoms with Gasteiger partial charge in [-0.3, -0.25) is 9.32 Å². The molecule has 0 heterocycles. The van der Waals surface area contributed by atoms with Crippen molar-refractivity contribution in [1.29, 1.82) is 0 Å². The van der Waals surface area contributed by atoms with Crippen molar-refractivity contribution in [3.05, 3.63) is 12.2 Å². The number of unbranched alkanes of at least 4 members (excludes halogenated alkanes) is 35. The maximum Gasteiger partial charge on any atom is 0.469 e. The summed E-state index contributed by atoms with van der Waals surface area (Å²) >= 11 is 0. The maximum atomic E-state index is 12.6. The first-order valence-corrected chi connectivity index (χ1v) is 25.2. The Labute approximate surface area is 335 Å². The third kappa shape index (κ3) is 42.4. The molecular weight excluding hydrogens is 693 g/mol. The molecule has 0 fully saturated rings. The average molecular weight is 786 g/mol. The molecule has 0 saturated carbocycles. The van der Waals surface area contributed by atoms with E-state index in [1.807, 2.05) is 6.08 Å². The average Bonchev–Trinajstić information content (AvgIpc) is 3.14. The van der Waals surface area contributed by atoms with Crippen molar-refractivity contribution in [2.24, 2.45) is 0 Å². The second-order valence-electron chi connectivity index (χ2n) is 16.4. The highest BCUT2D eigenvalue weighted by Gasteiger charge is 2.24. The van der Waals surface area contributed by atoms with Gasteiger partial charge in [-0.05, 0) is 19.3 Å². The van der Waals surface area contributed by atoms with Crippen molar-refractivity contribution < 1.29 is 28.8 Å². The molecule has 54 heavy (non-hydrogen) atoms. The van der Waals surface area contributed by atoms with E-state index < -0.39 is 26.6 Å². The van der Waals surface area contributed by atoms with Crippen LogP contribution in [0.4, 0.5) is 0 Å². The van der Waals surface area contributed by atoms with Gasteiger partial charge in [-0.1, -0.05) is 244 Å². The fourth-order valence-electron chi connectivity index (χ4n) is 7.40. The minimum Gasteiger partial charge on any atom is -0.387 e. The Morgan fingerprint density at radius 3 is 1.13 bits per heavy atom. The first-order chi connectivity index (χ1) is 26.3. The maximum absolute atomic E-state index is 12.6. The molecule has 0 aliphatic carbocycles. The largest absolute Gasteiger partial charge is 0.469 e. The zero-order valence-electron chi connectivity index (χ0n) is 35.9. The van der Waals surface area contributed by atoms with Crippen LogP contribution in [0.3, 0.4) is 0 Å². The summed E-state index contributed by atoms with van der Waals surface area (Å²) in [5.74, 6) is -0.222. The predicted octanol–water partition coefficient (Wildman–Crippen LogP) is 14.4. The number of phosphoric acid groups is 1. The van der Waals surface area contributed by atoms with Gasteiger partial charge < -0.3 is 20.2 Å². The monoisotopic (exact) mass is 786 g/mol. The van der Waals surface area contributed by atoms with Gasteiger partial charge in [0.05, 0.1) is 18.8 Å². The van der Waals surface area contributed by atoms with Crippen LogP contribution in [0.2, 0.25) is 0 Å². The molecule has 0 saturated heterocycles. The quantitative estimate of drug-likeness (QED) is 0.0278. The molecule has 0 bridgehead atoms. The minimum absolute atomic E-state index is 0.222. The first kappa shape index (κ1) is 53.3. The number of hydrogen-bond acceptors (Lipinski definition) is 4. The van der Waals surface area contributed by atoms with E-state index in [0.717, 1.165) is 38.5 Å². The van der Waals surface area contributed by atoms with Crippen LogP contribution < -0.4 is 5.32 Å². The molecule has 0 radical (unpaired) electrons. The summed E-state index contributed by atoms with van der Waals surface area (Å²) < 4.78 is 15.9. The van der Waals surface area contributed by atoms with Crippen LogP contribution in [0.5, 0.6) is 0 Å². The van der Waals surface area contributed by atoms with E-state index in [2.05, 4.69) is 23.7 Å². The number of phosphoric ester groups is 1. The number of carbonyl (C=O) groups is 1. The van der Waals surface area contributed by atoms with Crippen molar-refractivity contribution >= 4 is 13.7 Å². The molecular formula is C46H92NO6P. The van der Waals surface area contributed by atoms with Gasteiger partial charge in [0.1, 0.15) is 0 Å². The van der Waals surface area contributed by atoms with Gasteiger partial charge in [0.15, 0.2) is 0 Å². The summed E-state index contributed by atoms with van der Waals surface area (Å²) in [6, 6.07) is -0.904. The fraction of sp³-hybridized carbons (Fsp3) is 0.935. The van der Waals surface area contributed by atoms with Crippen molar-refractivity contribution in [2.45, 2.75) is 270 Å². The number of carbonyl (C=O) groups excluding carboxylic acids is 1. The lowest BCUT2D eigenvalue weighted by molar-refractivity contribution is -0.123. The molecule has 4 N–H and O–H groups in total. The standard InChI is InChI=1S/C46H92NO6P/c1-3-5-7-9-11-13-15-16-17-18-19-20-21-22-23-24-25-26-27-28-29-30-32-34-36-38-40-42-46(49)47-44(43-53-54(50,51)52)45(48)41-39-37-35-33-31-14-12-10-8-6-4-2/h39,41,44-45,48H,3-38,40,42-43H2,1-2H3,(H,47,49)(H2,50,51,52)/b41-39+/t44-,45+/m0/s1. The van der Waals surface area contributed by atoms with E-state index in [0.29, 0.717) is 6.42 Å². The van der Waals surface area contributed by atoms with Crippen molar-refractivity contribution in [3.8, 4) is 0 Å². The number of amides is 1. The number of allylic oxidation sites excluding steroid dienone is 1. The molecule has 0 unspecified atom stereocenters. The Balaban J connectivity index is 3.72. The molecule has 0 aliphatic rings. The molecule has 0 rings (SSSR count). The van der Waals surface area contributed by atoms with Gasteiger partial charge in [0, 0.05) is 6.42 Å².